The zero-order valence-corrected chi connectivity index (χ0v) is 23.1. The number of hydrogen-bond donors (Lipinski definition) is 3. The number of anilines is 1. The average Bonchev–Trinajstić information content (AvgIpc) is 3.27. The lowest BCUT2D eigenvalue weighted by Crippen LogP contribution is -2.39. The fourth-order valence-corrected chi connectivity index (χ4v) is 6.46. The summed E-state index contributed by atoms with van der Waals surface area (Å²) < 4.78 is 19.4. The van der Waals surface area contributed by atoms with Gasteiger partial charge in [-0.15, -0.1) is 0 Å². The van der Waals surface area contributed by atoms with E-state index in [1.165, 1.54) is 0 Å². The Kier molecular flexibility index (Phi) is 8.44. The highest BCUT2D eigenvalue weighted by Crippen LogP contribution is 2.52. The van der Waals surface area contributed by atoms with Crippen LogP contribution in [0.5, 0.6) is 17.2 Å². The first-order valence-corrected chi connectivity index (χ1v) is 14.6. The summed E-state index contributed by atoms with van der Waals surface area (Å²) in [4.78, 5) is 13.8. The molecule has 2 aromatic carbocycles. The van der Waals surface area contributed by atoms with Crippen molar-refractivity contribution in [2.24, 2.45) is 11.8 Å². The molecule has 5 rings (SSSR count). The van der Waals surface area contributed by atoms with Crippen molar-refractivity contribution in [3.05, 3.63) is 35.4 Å². The van der Waals surface area contributed by atoms with Crippen molar-refractivity contribution in [3.8, 4) is 28.4 Å². The number of carbonyl (C=O) groups is 1. The maximum atomic E-state index is 13.8. The van der Waals surface area contributed by atoms with Crippen LogP contribution in [0.4, 0.5) is 5.69 Å². The third-order valence-corrected chi connectivity index (χ3v) is 8.42. The molecule has 4 atom stereocenters. The largest absolute Gasteiger partial charge is 0.493 e. The van der Waals surface area contributed by atoms with Gasteiger partial charge in [-0.1, -0.05) is 26.0 Å². The molecule has 7 nitrogen and oxygen atoms in total. The maximum Gasteiger partial charge on any atom is 0.196 e. The molecule has 3 aliphatic rings. The number of piperidine rings is 2. The monoisotopic (exact) mass is 521 g/mol. The summed E-state index contributed by atoms with van der Waals surface area (Å²) in [6.07, 6.45) is 6.41. The minimum Gasteiger partial charge on any atom is -0.493 e. The van der Waals surface area contributed by atoms with E-state index >= 15 is 0 Å². The molecule has 1 aliphatic carbocycles. The molecule has 0 bridgehead atoms. The molecule has 206 valence electrons. The van der Waals surface area contributed by atoms with Gasteiger partial charge in [-0.3, -0.25) is 4.79 Å². The van der Waals surface area contributed by atoms with Crippen LogP contribution >= 0.6 is 0 Å². The number of fused-ring (bicyclic) bond motifs is 3. The molecule has 2 fully saturated rings. The van der Waals surface area contributed by atoms with Gasteiger partial charge in [0, 0.05) is 47.7 Å². The smallest absolute Gasteiger partial charge is 0.196 e. The summed E-state index contributed by atoms with van der Waals surface area (Å²) in [7, 11) is 0. The van der Waals surface area contributed by atoms with Crippen LogP contribution in [-0.4, -0.2) is 50.8 Å². The number of nitrogens with two attached hydrogens (primary N) is 1. The highest BCUT2D eigenvalue weighted by atomic mass is 16.5. The van der Waals surface area contributed by atoms with E-state index in [0.29, 0.717) is 46.8 Å². The first-order chi connectivity index (χ1) is 18.6. The zero-order chi connectivity index (χ0) is 26.6. The number of carbonyl (C=O) groups excluding carboxylic acids is 1. The molecule has 0 amide bonds. The van der Waals surface area contributed by atoms with Gasteiger partial charge in [0.2, 0.25) is 0 Å². The second-order valence-electron chi connectivity index (χ2n) is 10.8. The van der Waals surface area contributed by atoms with Crippen LogP contribution in [0.3, 0.4) is 0 Å². The summed E-state index contributed by atoms with van der Waals surface area (Å²) in [5, 5.41) is 6.99. The predicted octanol–water partition coefficient (Wildman–Crippen LogP) is 5.19. The summed E-state index contributed by atoms with van der Waals surface area (Å²) in [5.41, 5.74) is 9.73. The summed E-state index contributed by atoms with van der Waals surface area (Å²) in [6, 6.07) is 7.63. The van der Waals surface area contributed by atoms with Crippen LogP contribution in [0.25, 0.3) is 11.1 Å². The summed E-state index contributed by atoms with van der Waals surface area (Å²) in [5.74, 6) is 2.63. The number of ketones is 1. The highest BCUT2D eigenvalue weighted by Gasteiger charge is 2.38. The highest BCUT2D eigenvalue weighted by molar-refractivity contribution is 6.26. The quantitative estimate of drug-likeness (QED) is 0.316. The van der Waals surface area contributed by atoms with Gasteiger partial charge in [-0.05, 0) is 64.6 Å². The Hall–Kier alpha value is -2.77. The molecule has 2 saturated heterocycles. The second-order valence-corrected chi connectivity index (χ2v) is 10.8. The Labute approximate surface area is 226 Å². The van der Waals surface area contributed by atoms with E-state index in [1.807, 2.05) is 31.2 Å². The van der Waals surface area contributed by atoms with Crippen LogP contribution in [0.2, 0.25) is 0 Å². The number of hydrogen-bond acceptors (Lipinski definition) is 7. The molecule has 7 heteroatoms. The molecule has 0 saturated carbocycles. The van der Waals surface area contributed by atoms with Gasteiger partial charge in [0.25, 0.3) is 0 Å². The Morgan fingerprint density at radius 3 is 2.05 bits per heavy atom. The molecule has 2 aliphatic heterocycles. The van der Waals surface area contributed by atoms with Crippen molar-refractivity contribution in [3.63, 3.8) is 0 Å². The molecular weight excluding hydrogens is 478 g/mol. The van der Waals surface area contributed by atoms with Gasteiger partial charge in [-0.25, -0.2) is 0 Å². The second kappa shape index (κ2) is 12.0. The van der Waals surface area contributed by atoms with E-state index in [1.54, 1.807) is 0 Å². The van der Waals surface area contributed by atoms with Crippen molar-refractivity contribution in [2.75, 3.05) is 38.5 Å². The minimum atomic E-state index is -0.0934. The fraction of sp³-hybridized carbons (Fsp3) is 0.581. The number of benzene rings is 2. The molecule has 2 aromatic rings. The molecular formula is C31H43N3O4. The topological polar surface area (TPSA) is 94.8 Å². The number of ether oxygens (including phenoxy) is 3. The van der Waals surface area contributed by atoms with Crippen molar-refractivity contribution < 1.29 is 19.0 Å². The fourth-order valence-electron chi connectivity index (χ4n) is 6.46. The molecule has 0 aromatic heterocycles. The van der Waals surface area contributed by atoms with Crippen LogP contribution in [0.15, 0.2) is 24.3 Å². The molecule has 38 heavy (non-hydrogen) atoms. The Bertz CT molecular complexity index is 1140. The molecule has 0 spiro atoms. The third-order valence-electron chi connectivity index (χ3n) is 8.42. The maximum absolute atomic E-state index is 13.8. The van der Waals surface area contributed by atoms with Crippen LogP contribution < -0.4 is 30.6 Å². The van der Waals surface area contributed by atoms with Gasteiger partial charge in [0.15, 0.2) is 5.78 Å². The van der Waals surface area contributed by atoms with Crippen molar-refractivity contribution in [1.29, 1.82) is 0 Å². The van der Waals surface area contributed by atoms with Crippen molar-refractivity contribution in [1.82, 2.24) is 10.6 Å². The van der Waals surface area contributed by atoms with E-state index in [0.717, 1.165) is 81.6 Å². The minimum absolute atomic E-state index is 0.0183. The lowest BCUT2D eigenvalue weighted by molar-refractivity contribution is 0.103. The lowest BCUT2D eigenvalue weighted by Gasteiger charge is -2.31. The van der Waals surface area contributed by atoms with E-state index in [-0.39, 0.29) is 18.0 Å². The first-order valence-electron chi connectivity index (χ1n) is 14.6. The number of nitrogens with one attached hydrogen (secondary N) is 2. The standard InChI is InChI=1S/C31H43N3O4/c1-4-22(19-10-8-14-33-17-19)37-24-13-7-12-21-27(24)28-25(36-6-3)16-26(30(32)29(28)31(21)35)38-23(5-2)20-11-9-15-34-18-20/h7,12-13,16,19-20,22-23,33-34H,4-6,8-11,14-15,17-18,32H2,1-3H3. The van der Waals surface area contributed by atoms with E-state index < -0.39 is 0 Å². The molecule has 0 radical (unpaired) electrons. The normalized spacial score (nSPS) is 22.3. The van der Waals surface area contributed by atoms with Gasteiger partial charge >= 0.3 is 0 Å². The summed E-state index contributed by atoms with van der Waals surface area (Å²) in [6.45, 7) is 10.7. The predicted molar refractivity (Wildman–Crippen MR) is 151 cm³/mol. The third kappa shape index (κ3) is 5.10. The molecule has 4 N–H and O–H groups in total. The van der Waals surface area contributed by atoms with Crippen LogP contribution in [-0.2, 0) is 0 Å². The van der Waals surface area contributed by atoms with Gasteiger partial charge in [-0.2, -0.15) is 0 Å². The van der Waals surface area contributed by atoms with E-state index in [4.69, 9.17) is 19.9 Å². The van der Waals surface area contributed by atoms with E-state index in [2.05, 4.69) is 24.5 Å². The average molecular weight is 522 g/mol. The SMILES string of the molecule is CCOc1cc(OC(CC)C2CCCNC2)c(N)c2c1-c1c(OC(CC)C3CCCNC3)cccc1C2=O. The number of rotatable bonds is 10. The lowest BCUT2D eigenvalue weighted by atomic mass is 9.92. The first kappa shape index (κ1) is 26.8. The summed E-state index contributed by atoms with van der Waals surface area (Å²) >= 11 is 0. The van der Waals surface area contributed by atoms with E-state index in [9.17, 15) is 4.79 Å². The zero-order valence-electron chi connectivity index (χ0n) is 23.1. The Balaban J connectivity index is 1.53. The Morgan fingerprint density at radius 2 is 1.50 bits per heavy atom. The number of nitrogen functional groups attached to an aromatic ring is 1. The van der Waals surface area contributed by atoms with Crippen molar-refractivity contribution >= 4 is 11.5 Å². The Morgan fingerprint density at radius 1 is 0.868 bits per heavy atom. The van der Waals surface area contributed by atoms with Crippen molar-refractivity contribution in [2.45, 2.75) is 71.5 Å². The molecule has 2 heterocycles. The van der Waals surface area contributed by atoms with Gasteiger partial charge < -0.3 is 30.6 Å². The van der Waals surface area contributed by atoms with Crippen LogP contribution in [0.1, 0.15) is 75.2 Å². The van der Waals surface area contributed by atoms with Gasteiger partial charge in [0.1, 0.15) is 29.5 Å². The van der Waals surface area contributed by atoms with Gasteiger partial charge in [0.05, 0.1) is 17.9 Å². The van der Waals surface area contributed by atoms with Crippen LogP contribution in [0, 0.1) is 11.8 Å². The molecule has 4 unspecified atom stereocenters.